The van der Waals surface area contributed by atoms with Crippen LogP contribution in [0, 0.1) is 0 Å². The van der Waals surface area contributed by atoms with Crippen LogP contribution in [0.4, 0.5) is 0 Å². The van der Waals surface area contributed by atoms with E-state index in [-0.39, 0.29) is 12.5 Å². The van der Waals surface area contributed by atoms with Gasteiger partial charge in [-0.1, -0.05) is 0 Å². The van der Waals surface area contributed by atoms with Gasteiger partial charge >= 0.3 is 5.97 Å². The van der Waals surface area contributed by atoms with Gasteiger partial charge in [-0.3, -0.25) is 9.69 Å². The number of carbonyl (C=O) groups is 2. The molecule has 2 heterocycles. The molecule has 2 aliphatic heterocycles. The zero-order chi connectivity index (χ0) is 10.3. The average Bonchev–Trinajstić information content (AvgIpc) is 2.64. The minimum absolute atomic E-state index is 0.194. The van der Waals surface area contributed by atoms with Crippen LogP contribution in [0.1, 0.15) is 6.92 Å². The number of ether oxygens (including phenoxy) is 2. The van der Waals surface area contributed by atoms with Crippen molar-refractivity contribution in [2.24, 2.45) is 0 Å². The number of esters is 1. The van der Waals surface area contributed by atoms with Gasteiger partial charge in [-0.25, -0.2) is 4.79 Å². The molecule has 0 radical (unpaired) electrons. The first-order valence-electron chi connectivity index (χ1n) is 4.33. The molecule has 0 aliphatic carbocycles. The number of nitrogens with zero attached hydrogens (tertiary/aromatic N) is 1. The van der Waals surface area contributed by atoms with Crippen molar-refractivity contribution in [2.45, 2.75) is 18.7 Å². The molecule has 5 heteroatoms. The van der Waals surface area contributed by atoms with Crippen LogP contribution in [0.15, 0.2) is 12.2 Å². The van der Waals surface area contributed by atoms with Crippen LogP contribution < -0.4 is 0 Å². The van der Waals surface area contributed by atoms with Gasteiger partial charge in [0.25, 0.3) is 0 Å². The molecule has 76 valence electrons. The number of methoxy groups -OCH3 is 1. The lowest BCUT2D eigenvalue weighted by Gasteiger charge is -2.27. The molecule has 1 saturated heterocycles. The molecule has 1 amide bonds. The van der Waals surface area contributed by atoms with Gasteiger partial charge in [0.2, 0.25) is 5.91 Å². The predicted octanol–water partition coefficient (Wildman–Crippen LogP) is -0.327. The Balaban J connectivity index is 2.27. The van der Waals surface area contributed by atoms with Crippen molar-refractivity contribution in [3.63, 3.8) is 0 Å². The number of fused-ring (bicyclic) bond motifs is 1. The Bertz CT molecular complexity index is 325. The fraction of sp³-hybridized carbons (Fsp3) is 0.556. The zero-order valence-corrected chi connectivity index (χ0v) is 8.02. The second-order valence-electron chi connectivity index (χ2n) is 3.45. The molecule has 2 atom stereocenters. The van der Waals surface area contributed by atoms with Gasteiger partial charge in [-0.15, -0.1) is 0 Å². The molecule has 1 fully saturated rings. The first kappa shape index (κ1) is 9.21. The van der Waals surface area contributed by atoms with Crippen LogP contribution >= 0.6 is 0 Å². The smallest absolute Gasteiger partial charge is 0.331 e. The molecule has 0 N–H and O–H groups in total. The van der Waals surface area contributed by atoms with Crippen LogP contribution in [0.25, 0.3) is 0 Å². The summed E-state index contributed by atoms with van der Waals surface area (Å²) in [6.07, 6.45) is 3.06. The van der Waals surface area contributed by atoms with Crippen molar-refractivity contribution >= 4 is 11.9 Å². The molecule has 0 bridgehead atoms. The Morgan fingerprint density at radius 1 is 1.79 bits per heavy atom. The molecule has 14 heavy (non-hydrogen) atoms. The van der Waals surface area contributed by atoms with Gasteiger partial charge in [-0.05, 0) is 13.0 Å². The van der Waals surface area contributed by atoms with Gasteiger partial charge in [0.05, 0.1) is 13.7 Å². The van der Waals surface area contributed by atoms with Gasteiger partial charge in [0, 0.05) is 6.08 Å². The summed E-state index contributed by atoms with van der Waals surface area (Å²) >= 11 is 0. The summed E-state index contributed by atoms with van der Waals surface area (Å²) in [6, 6.07) is -0.618. The standard InChI is InChI=1S/C9H11NO4/c1-9-4-3-7(11)10(9)6(5-14-9)8(12)13-2/h3-4,6H,5H2,1-2H3/t6-,9-/m0/s1. The van der Waals surface area contributed by atoms with Crippen LogP contribution in [0.2, 0.25) is 0 Å². The minimum atomic E-state index is -0.768. The highest BCUT2D eigenvalue weighted by Crippen LogP contribution is 2.33. The van der Waals surface area contributed by atoms with E-state index in [1.807, 2.05) is 0 Å². The second-order valence-corrected chi connectivity index (χ2v) is 3.45. The number of hydrogen-bond donors (Lipinski definition) is 0. The molecular formula is C9H11NO4. The van der Waals surface area contributed by atoms with Crippen LogP contribution in [0.5, 0.6) is 0 Å². The average molecular weight is 197 g/mol. The lowest BCUT2D eigenvalue weighted by atomic mass is 10.2. The van der Waals surface area contributed by atoms with E-state index in [4.69, 9.17) is 4.74 Å². The van der Waals surface area contributed by atoms with Crippen molar-refractivity contribution in [1.82, 2.24) is 4.90 Å². The Labute approximate surface area is 81.3 Å². The van der Waals surface area contributed by atoms with Crippen molar-refractivity contribution in [2.75, 3.05) is 13.7 Å². The van der Waals surface area contributed by atoms with E-state index in [0.29, 0.717) is 0 Å². The van der Waals surface area contributed by atoms with Crippen LogP contribution in [-0.4, -0.2) is 42.3 Å². The topological polar surface area (TPSA) is 55.8 Å². The number of amides is 1. The Morgan fingerprint density at radius 3 is 3.14 bits per heavy atom. The lowest BCUT2D eigenvalue weighted by Crippen LogP contribution is -2.47. The van der Waals surface area contributed by atoms with Crippen molar-refractivity contribution in [3.8, 4) is 0 Å². The molecule has 0 aromatic heterocycles. The third-order valence-corrected chi connectivity index (χ3v) is 2.57. The van der Waals surface area contributed by atoms with E-state index in [1.54, 1.807) is 13.0 Å². The van der Waals surface area contributed by atoms with Gasteiger partial charge in [-0.2, -0.15) is 0 Å². The summed E-state index contributed by atoms with van der Waals surface area (Å²) in [5, 5.41) is 0. The van der Waals surface area contributed by atoms with Crippen molar-refractivity contribution in [3.05, 3.63) is 12.2 Å². The van der Waals surface area contributed by atoms with E-state index in [2.05, 4.69) is 4.74 Å². The summed E-state index contributed by atoms with van der Waals surface area (Å²) in [4.78, 5) is 24.2. The molecule has 0 aromatic carbocycles. The molecule has 0 saturated carbocycles. The maximum absolute atomic E-state index is 11.4. The molecular weight excluding hydrogens is 186 g/mol. The summed E-state index contributed by atoms with van der Waals surface area (Å²) < 4.78 is 9.98. The van der Waals surface area contributed by atoms with Crippen molar-refractivity contribution < 1.29 is 19.1 Å². The van der Waals surface area contributed by atoms with Crippen LogP contribution in [-0.2, 0) is 19.1 Å². The fourth-order valence-electron chi connectivity index (χ4n) is 1.82. The zero-order valence-electron chi connectivity index (χ0n) is 8.02. The quantitative estimate of drug-likeness (QED) is 0.540. The summed E-state index contributed by atoms with van der Waals surface area (Å²) in [7, 11) is 1.30. The van der Waals surface area contributed by atoms with Gasteiger partial charge < -0.3 is 9.47 Å². The van der Waals surface area contributed by atoms with E-state index in [1.165, 1.54) is 18.1 Å². The molecule has 0 unspecified atom stereocenters. The third-order valence-electron chi connectivity index (χ3n) is 2.57. The van der Waals surface area contributed by atoms with Crippen molar-refractivity contribution in [1.29, 1.82) is 0 Å². The largest absolute Gasteiger partial charge is 0.467 e. The van der Waals surface area contributed by atoms with E-state index in [0.717, 1.165) is 0 Å². The highest BCUT2D eigenvalue weighted by atomic mass is 16.6. The molecule has 0 aromatic rings. The lowest BCUT2D eigenvalue weighted by molar-refractivity contribution is -0.151. The minimum Gasteiger partial charge on any atom is -0.467 e. The third kappa shape index (κ3) is 1.05. The Morgan fingerprint density at radius 2 is 2.50 bits per heavy atom. The molecule has 2 aliphatic rings. The number of carbonyl (C=O) groups excluding carboxylic acids is 2. The predicted molar refractivity (Wildman–Crippen MR) is 46.1 cm³/mol. The first-order valence-corrected chi connectivity index (χ1v) is 4.33. The second kappa shape index (κ2) is 2.81. The molecule has 0 spiro atoms. The normalized spacial score (nSPS) is 34.9. The Hall–Kier alpha value is -1.36. The molecule has 5 nitrogen and oxygen atoms in total. The summed E-state index contributed by atoms with van der Waals surface area (Å²) in [5.74, 6) is -0.647. The maximum atomic E-state index is 11.4. The van der Waals surface area contributed by atoms with E-state index in [9.17, 15) is 9.59 Å². The monoisotopic (exact) mass is 197 g/mol. The fourth-order valence-corrected chi connectivity index (χ4v) is 1.82. The van der Waals surface area contributed by atoms with E-state index >= 15 is 0 Å². The van der Waals surface area contributed by atoms with Gasteiger partial charge in [0.1, 0.15) is 0 Å². The maximum Gasteiger partial charge on any atom is 0.331 e. The van der Waals surface area contributed by atoms with E-state index < -0.39 is 17.7 Å². The highest BCUT2D eigenvalue weighted by Gasteiger charge is 2.51. The highest BCUT2D eigenvalue weighted by molar-refractivity contribution is 5.95. The molecule has 2 rings (SSSR count). The SMILES string of the molecule is COC(=O)[C@@H]1CO[C@@]2(C)C=CC(=O)N12. The van der Waals surface area contributed by atoms with Gasteiger partial charge in [0.15, 0.2) is 11.8 Å². The first-order chi connectivity index (χ1) is 6.58. The Kier molecular flexibility index (Phi) is 1.85. The summed E-state index contributed by atoms with van der Waals surface area (Å²) in [6.45, 7) is 1.94. The summed E-state index contributed by atoms with van der Waals surface area (Å²) in [5.41, 5.74) is -0.768. The number of rotatable bonds is 1. The number of hydrogen-bond acceptors (Lipinski definition) is 4. The van der Waals surface area contributed by atoms with Crippen LogP contribution in [0.3, 0.4) is 0 Å².